The third-order valence-electron chi connectivity index (χ3n) is 5.41. The number of nitrogens with zero attached hydrogens (tertiary/aromatic N) is 4. The zero-order valence-corrected chi connectivity index (χ0v) is 19.7. The van der Waals surface area contributed by atoms with Crippen LogP contribution in [0.4, 0.5) is 5.95 Å². The molecule has 0 atom stereocenters. The minimum Gasteiger partial charge on any atom is -0.480 e. The Hall–Kier alpha value is -3.98. The highest BCUT2D eigenvalue weighted by molar-refractivity contribution is 5.97. The van der Waals surface area contributed by atoms with Gasteiger partial charge < -0.3 is 20.5 Å². The highest BCUT2D eigenvalue weighted by Gasteiger charge is 2.18. The quantitative estimate of drug-likeness (QED) is 0.413. The molecular formula is C25H28N6O3. The number of methoxy groups -OCH3 is 1. The zero-order valence-electron chi connectivity index (χ0n) is 19.7. The summed E-state index contributed by atoms with van der Waals surface area (Å²) in [7, 11) is 1.50. The number of nitrogens with two attached hydrogens (primary N) is 1. The van der Waals surface area contributed by atoms with Crippen LogP contribution < -0.4 is 15.8 Å². The third-order valence-corrected chi connectivity index (χ3v) is 5.41. The molecule has 0 fully saturated rings. The van der Waals surface area contributed by atoms with Gasteiger partial charge in [-0.2, -0.15) is 4.98 Å². The van der Waals surface area contributed by atoms with Gasteiger partial charge in [-0.15, -0.1) is 5.10 Å². The van der Waals surface area contributed by atoms with Crippen molar-refractivity contribution in [3.05, 3.63) is 71.0 Å². The van der Waals surface area contributed by atoms with Crippen molar-refractivity contribution < 1.29 is 14.3 Å². The van der Waals surface area contributed by atoms with Crippen LogP contribution in [0, 0.1) is 6.92 Å². The molecule has 3 aromatic heterocycles. The number of pyridine rings is 2. The monoisotopic (exact) mass is 460 g/mol. The van der Waals surface area contributed by atoms with Crippen molar-refractivity contribution in [1.82, 2.24) is 24.9 Å². The Morgan fingerprint density at radius 3 is 2.65 bits per heavy atom. The molecule has 3 heterocycles. The molecule has 0 radical (unpaired) electrons. The summed E-state index contributed by atoms with van der Waals surface area (Å²) in [4.78, 5) is 21.9. The molecule has 4 rings (SSSR count). The number of benzene rings is 1. The summed E-state index contributed by atoms with van der Waals surface area (Å²) < 4.78 is 12.8. The number of ether oxygens (including phenoxy) is 2. The van der Waals surface area contributed by atoms with Gasteiger partial charge in [0.25, 0.3) is 5.91 Å². The predicted octanol–water partition coefficient (Wildman–Crippen LogP) is 3.55. The predicted molar refractivity (Wildman–Crippen MR) is 129 cm³/mol. The smallest absolute Gasteiger partial charge is 0.257 e. The molecule has 0 aliphatic heterocycles. The van der Waals surface area contributed by atoms with Crippen LogP contribution in [0.25, 0.3) is 16.8 Å². The van der Waals surface area contributed by atoms with Crippen molar-refractivity contribution >= 4 is 17.5 Å². The summed E-state index contributed by atoms with van der Waals surface area (Å²) in [6, 6.07) is 13.4. The number of fused-ring (bicyclic) bond motifs is 1. The minimum absolute atomic E-state index is 0.123. The number of carbonyl (C=O) groups excluding carboxylic acids is 1. The summed E-state index contributed by atoms with van der Waals surface area (Å²) in [6.45, 7) is 6.70. The summed E-state index contributed by atoms with van der Waals surface area (Å²) in [6.07, 6.45) is 1.89. The van der Waals surface area contributed by atoms with Crippen LogP contribution in [0.1, 0.15) is 41.0 Å². The van der Waals surface area contributed by atoms with Crippen molar-refractivity contribution in [2.24, 2.45) is 0 Å². The average Bonchev–Trinajstić information content (AvgIpc) is 3.20. The Morgan fingerprint density at radius 1 is 1.15 bits per heavy atom. The lowest BCUT2D eigenvalue weighted by molar-refractivity contribution is 0.0651. The molecule has 9 nitrogen and oxygen atoms in total. The summed E-state index contributed by atoms with van der Waals surface area (Å²) in [5.41, 5.74) is 11.0. The third kappa shape index (κ3) is 4.99. The number of hydrogen-bond donors (Lipinski definition) is 2. The lowest BCUT2D eigenvalue weighted by Crippen LogP contribution is -2.24. The second-order valence-electron chi connectivity index (χ2n) is 8.18. The van der Waals surface area contributed by atoms with Gasteiger partial charge in [0.05, 0.1) is 19.8 Å². The first-order valence-corrected chi connectivity index (χ1v) is 11.0. The van der Waals surface area contributed by atoms with Gasteiger partial charge in [-0.25, -0.2) is 9.50 Å². The molecule has 0 saturated carbocycles. The fraction of sp³-hybridized carbons (Fsp3) is 0.280. The number of hydrogen-bond acceptors (Lipinski definition) is 7. The average molecular weight is 461 g/mol. The van der Waals surface area contributed by atoms with Crippen molar-refractivity contribution in [3.8, 4) is 17.0 Å². The molecule has 0 spiro atoms. The van der Waals surface area contributed by atoms with Crippen LogP contribution in [-0.4, -0.2) is 38.7 Å². The van der Waals surface area contributed by atoms with Gasteiger partial charge in [0.2, 0.25) is 11.8 Å². The lowest BCUT2D eigenvalue weighted by atomic mass is 10.0. The van der Waals surface area contributed by atoms with E-state index in [9.17, 15) is 4.79 Å². The van der Waals surface area contributed by atoms with Gasteiger partial charge in [0, 0.05) is 24.0 Å². The van der Waals surface area contributed by atoms with Crippen LogP contribution in [0.5, 0.6) is 5.88 Å². The van der Waals surface area contributed by atoms with Crippen LogP contribution in [-0.2, 0) is 17.9 Å². The largest absolute Gasteiger partial charge is 0.480 e. The van der Waals surface area contributed by atoms with Gasteiger partial charge in [0.15, 0.2) is 5.65 Å². The Morgan fingerprint density at radius 2 is 1.91 bits per heavy atom. The molecule has 9 heteroatoms. The zero-order chi connectivity index (χ0) is 24.2. The van der Waals surface area contributed by atoms with E-state index in [4.69, 9.17) is 15.2 Å². The van der Waals surface area contributed by atoms with Crippen LogP contribution >= 0.6 is 0 Å². The maximum atomic E-state index is 13.2. The number of carbonyl (C=O) groups is 1. The molecule has 0 bridgehead atoms. The van der Waals surface area contributed by atoms with E-state index in [2.05, 4.69) is 20.4 Å². The first kappa shape index (κ1) is 23.2. The first-order valence-electron chi connectivity index (χ1n) is 11.0. The highest BCUT2D eigenvalue weighted by atomic mass is 16.5. The van der Waals surface area contributed by atoms with E-state index < -0.39 is 0 Å². The number of aryl methyl sites for hydroxylation is 1. The molecule has 34 heavy (non-hydrogen) atoms. The molecule has 176 valence electrons. The minimum atomic E-state index is -0.280. The normalized spacial score (nSPS) is 11.2. The first-order chi connectivity index (χ1) is 16.4. The van der Waals surface area contributed by atoms with Crippen molar-refractivity contribution in [2.75, 3.05) is 12.8 Å². The Balaban J connectivity index is 1.60. The number of amides is 1. The number of nitrogen functional groups attached to an aromatic ring is 1. The van der Waals surface area contributed by atoms with E-state index in [0.717, 1.165) is 27.9 Å². The second kappa shape index (κ2) is 9.88. The summed E-state index contributed by atoms with van der Waals surface area (Å²) in [5, 5.41) is 7.09. The fourth-order valence-electron chi connectivity index (χ4n) is 3.66. The number of aromatic nitrogens is 4. The summed E-state index contributed by atoms with van der Waals surface area (Å²) in [5.74, 6) is 0.182. The topological polar surface area (TPSA) is 117 Å². The van der Waals surface area contributed by atoms with Crippen molar-refractivity contribution in [1.29, 1.82) is 0 Å². The maximum Gasteiger partial charge on any atom is 0.257 e. The lowest BCUT2D eigenvalue weighted by Gasteiger charge is -2.15. The molecule has 1 aromatic carbocycles. The fourth-order valence-corrected chi connectivity index (χ4v) is 3.66. The molecule has 0 unspecified atom stereocenters. The van der Waals surface area contributed by atoms with E-state index >= 15 is 0 Å². The molecule has 0 aliphatic rings. The Labute approximate surface area is 197 Å². The van der Waals surface area contributed by atoms with E-state index in [1.165, 1.54) is 7.11 Å². The SMILES string of the molecule is COc1nc(C)c(-c2ccn3nc(N)nc3c2)cc1C(=O)NCc1ccccc1COC(C)C. The number of rotatable bonds is 8. The molecule has 0 aliphatic carbocycles. The molecule has 1 amide bonds. The molecule has 3 N–H and O–H groups in total. The van der Waals surface area contributed by atoms with E-state index in [0.29, 0.717) is 24.4 Å². The Bertz CT molecular complexity index is 1330. The van der Waals surface area contributed by atoms with Gasteiger partial charge in [-0.05, 0) is 55.7 Å². The van der Waals surface area contributed by atoms with Crippen LogP contribution in [0.3, 0.4) is 0 Å². The number of nitrogens with one attached hydrogen (secondary N) is 1. The van der Waals surface area contributed by atoms with Gasteiger partial charge in [0.1, 0.15) is 5.56 Å². The Kier molecular flexibility index (Phi) is 6.74. The van der Waals surface area contributed by atoms with Crippen LogP contribution in [0.2, 0.25) is 0 Å². The van der Waals surface area contributed by atoms with E-state index in [1.54, 1.807) is 16.8 Å². The van der Waals surface area contributed by atoms with E-state index in [1.807, 2.05) is 57.2 Å². The summed E-state index contributed by atoms with van der Waals surface area (Å²) >= 11 is 0. The standard InChI is InChI=1S/C25H28N6O3/c1-15(2)34-14-19-8-6-5-7-18(19)13-27-23(32)21-12-20(16(3)28-24(21)33-4)17-9-10-31-22(11-17)29-25(26)30-31/h5-12,15H,13-14H2,1-4H3,(H2,26,30)(H,27,32). The van der Waals surface area contributed by atoms with Crippen molar-refractivity contribution in [2.45, 2.75) is 40.0 Å². The van der Waals surface area contributed by atoms with Gasteiger partial charge >= 0.3 is 0 Å². The van der Waals surface area contributed by atoms with E-state index in [-0.39, 0.29) is 23.8 Å². The van der Waals surface area contributed by atoms with Crippen LogP contribution in [0.15, 0.2) is 48.7 Å². The number of anilines is 1. The molecule has 0 saturated heterocycles. The van der Waals surface area contributed by atoms with Gasteiger partial charge in [-0.1, -0.05) is 24.3 Å². The molecular weight excluding hydrogens is 432 g/mol. The molecule has 4 aromatic rings. The van der Waals surface area contributed by atoms with Crippen molar-refractivity contribution in [3.63, 3.8) is 0 Å². The van der Waals surface area contributed by atoms with Gasteiger partial charge in [-0.3, -0.25) is 4.79 Å². The highest BCUT2D eigenvalue weighted by Crippen LogP contribution is 2.28. The second-order valence-corrected chi connectivity index (χ2v) is 8.18. The maximum absolute atomic E-state index is 13.2.